The van der Waals surface area contributed by atoms with Gasteiger partial charge in [0.2, 0.25) is 0 Å². The van der Waals surface area contributed by atoms with E-state index in [4.69, 9.17) is 4.74 Å². The Balaban J connectivity index is 2.80. The third-order valence-corrected chi connectivity index (χ3v) is 3.15. The number of ether oxygens (including phenoxy) is 1. The second-order valence-corrected chi connectivity index (χ2v) is 7.19. The predicted molar refractivity (Wildman–Crippen MR) is 85.3 cm³/mol. The maximum absolute atomic E-state index is 12.3. The third kappa shape index (κ3) is 5.19. The Morgan fingerprint density at radius 1 is 1.29 bits per heavy atom. The molecule has 1 atom stereocenters. The molecule has 5 nitrogen and oxygen atoms in total. The fourth-order valence-electron chi connectivity index (χ4n) is 1.77. The van der Waals surface area contributed by atoms with E-state index in [0.717, 1.165) is 4.47 Å². The average Bonchev–Trinajstić information content (AvgIpc) is 2.69. The molecule has 1 heterocycles. The molecule has 1 N–H and O–H groups in total. The summed E-state index contributed by atoms with van der Waals surface area (Å²) in [5, 5.41) is 2.67. The van der Waals surface area contributed by atoms with Crippen LogP contribution in [0.15, 0.2) is 16.7 Å². The molecule has 0 spiro atoms. The summed E-state index contributed by atoms with van der Waals surface area (Å²) in [5.74, 6) is -0.745. The van der Waals surface area contributed by atoms with Crippen LogP contribution in [0.25, 0.3) is 0 Å². The summed E-state index contributed by atoms with van der Waals surface area (Å²) in [4.78, 5) is 24.2. The number of rotatable bonds is 4. The van der Waals surface area contributed by atoms with E-state index in [1.54, 1.807) is 33.8 Å². The van der Waals surface area contributed by atoms with Gasteiger partial charge in [0.1, 0.15) is 17.3 Å². The van der Waals surface area contributed by atoms with Crippen LogP contribution >= 0.6 is 15.9 Å². The minimum absolute atomic E-state index is 0.147. The van der Waals surface area contributed by atoms with Crippen LogP contribution in [-0.4, -0.2) is 28.1 Å². The van der Waals surface area contributed by atoms with Crippen molar-refractivity contribution < 1.29 is 14.3 Å². The van der Waals surface area contributed by atoms with Crippen LogP contribution in [0, 0.1) is 0 Å². The van der Waals surface area contributed by atoms with Gasteiger partial charge in [0.15, 0.2) is 0 Å². The summed E-state index contributed by atoms with van der Waals surface area (Å²) in [6.45, 7) is 11.0. The number of hydrogen-bond acceptors (Lipinski definition) is 3. The monoisotopic (exact) mass is 358 g/mol. The molecule has 1 amide bonds. The first-order valence-electron chi connectivity index (χ1n) is 6.92. The molecule has 0 saturated heterocycles. The van der Waals surface area contributed by atoms with Crippen LogP contribution in [0.3, 0.4) is 0 Å². The SMILES string of the molecule is CC(C)n1cc(Br)cc1C(=O)N[C@H](C)C(=O)OC(C)(C)C. The van der Waals surface area contributed by atoms with Crippen molar-refractivity contribution >= 4 is 27.8 Å². The zero-order chi connectivity index (χ0) is 16.4. The van der Waals surface area contributed by atoms with Gasteiger partial charge >= 0.3 is 5.97 Å². The first-order chi connectivity index (χ1) is 9.51. The molecule has 21 heavy (non-hydrogen) atoms. The minimum Gasteiger partial charge on any atom is -0.458 e. The minimum atomic E-state index is -0.703. The normalized spacial score (nSPS) is 13.1. The van der Waals surface area contributed by atoms with Gasteiger partial charge in [-0.05, 0) is 63.5 Å². The maximum Gasteiger partial charge on any atom is 0.328 e. The van der Waals surface area contributed by atoms with Gasteiger partial charge in [-0.1, -0.05) is 0 Å². The fraction of sp³-hybridized carbons (Fsp3) is 0.600. The Morgan fingerprint density at radius 2 is 1.86 bits per heavy atom. The number of hydrogen-bond donors (Lipinski definition) is 1. The number of carbonyl (C=O) groups excluding carboxylic acids is 2. The summed E-state index contributed by atoms with van der Waals surface area (Å²) in [6.07, 6.45) is 1.84. The van der Waals surface area contributed by atoms with Gasteiger partial charge in [-0.2, -0.15) is 0 Å². The molecular weight excluding hydrogens is 336 g/mol. The van der Waals surface area contributed by atoms with Crippen LogP contribution in [0.4, 0.5) is 0 Å². The zero-order valence-corrected chi connectivity index (χ0v) is 14.9. The molecule has 0 saturated carbocycles. The first kappa shape index (κ1) is 17.8. The van der Waals surface area contributed by atoms with E-state index in [2.05, 4.69) is 21.2 Å². The summed E-state index contributed by atoms with van der Waals surface area (Å²) < 4.78 is 7.92. The van der Waals surface area contributed by atoms with E-state index in [0.29, 0.717) is 5.69 Å². The average molecular weight is 359 g/mol. The highest BCUT2D eigenvalue weighted by molar-refractivity contribution is 9.10. The molecule has 0 aliphatic heterocycles. The van der Waals surface area contributed by atoms with E-state index in [-0.39, 0.29) is 11.9 Å². The van der Waals surface area contributed by atoms with Crippen molar-refractivity contribution in [1.82, 2.24) is 9.88 Å². The van der Waals surface area contributed by atoms with Gasteiger partial charge in [-0.3, -0.25) is 4.79 Å². The Kier molecular flexibility index (Phi) is 5.61. The molecule has 0 aliphatic rings. The first-order valence-corrected chi connectivity index (χ1v) is 7.71. The molecule has 6 heteroatoms. The molecule has 0 bridgehead atoms. The van der Waals surface area contributed by atoms with E-state index in [9.17, 15) is 9.59 Å². The molecule has 0 radical (unpaired) electrons. The molecule has 1 rings (SSSR count). The molecule has 1 aromatic heterocycles. The number of carbonyl (C=O) groups is 2. The standard InChI is InChI=1S/C15H23BrN2O3/c1-9(2)18-8-11(16)7-12(18)13(19)17-10(3)14(20)21-15(4,5)6/h7-10H,1-6H3,(H,17,19)/t10-/m1/s1. The van der Waals surface area contributed by atoms with Crippen molar-refractivity contribution in [2.45, 2.75) is 59.2 Å². The Morgan fingerprint density at radius 3 is 2.33 bits per heavy atom. The number of amides is 1. The van der Waals surface area contributed by atoms with E-state index < -0.39 is 17.6 Å². The van der Waals surface area contributed by atoms with Gasteiger partial charge in [0.25, 0.3) is 5.91 Å². The highest BCUT2D eigenvalue weighted by Crippen LogP contribution is 2.19. The summed E-state index contributed by atoms with van der Waals surface area (Å²) in [7, 11) is 0. The number of esters is 1. The summed E-state index contributed by atoms with van der Waals surface area (Å²) in [5.41, 5.74) is -0.0654. The van der Waals surface area contributed by atoms with Crippen molar-refractivity contribution in [3.05, 3.63) is 22.4 Å². The van der Waals surface area contributed by atoms with Gasteiger partial charge in [-0.15, -0.1) is 0 Å². The van der Waals surface area contributed by atoms with Crippen LogP contribution in [0.2, 0.25) is 0 Å². The van der Waals surface area contributed by atoms with Gasteiger partial charge in [0.05, 0.1) is 0 Å². The zero-order valence-electron chi connectivity index (χ0n) is 13.4. The van der Waals surface area contributed by atoms with Crippen molar-refractivity contribution in [3.63, 3.8) is 0 Å². The molecule has 0 unspecified atom stereocenters. The highest BCUT2D eigenvalue weighted by Gasteiger charge is 2.24. The molecule has 0 aromatic carbocycles. The number of nitrogens with one attached hydrogen (secondary N) is 1. The van der Waals surface area contributed by atoms with Crippen LogP contribution in [0.1, 0.15) is 58.1 Å². The number of aromatic nitrogens is 1. The lowest BCUT2D eigenvalue weighted by atomic mass is 10.2. The molecule has 0 fully saturated rings. The van der Waals surface area contributed by atoms with Crippen molar-refractivity contribution in [3.8, 4) is 0 Å². The lowest BCUT2D eigenvalue weighted by Gasteiger charge is -2.23. The van der Waals surface area contributed by atoms with Gasteiger partial charge in [-0.25, -0.2) is 4.79 Å². The molecule has 0 aliphatic carbocycles. The third-order valence-electron chi connectivity index (χ3n) is 2.71. The lowest BCUT2D eigenvalue weighted by Crippen LogP contribution is -2.42. The highest BCUT2D eigenvalue weighted by atomic mass is 79.9. The van der Waals surface area contributed by atoms with E-state index in [1.165, 1.54) is 0 Å². The Bertz CT molecular complexity index is 530. The Hall–Kier alpha value is -1.30. The predicted octanol–water partition coefficient (Wildman–Crippen LogP) is 3.29. The lowest BCUT2D eigenvalue weighted by molar-refractivity contribution is -0.156. The quantitative estimate of drug-likeness (QED) is 0.840. The summed E-state index contributed by atoms with van der Waals surface area (Å²) >= 11 is 3.36. The molecule has 1 aromatic rings. The van der Waals surface area contributed by atoms with Gasteiger partial charge in [0, 0.05) is 16.7 Å². The van der Waals surface area contributed by atoms with Crippen molar-refractivity contribution in [2.24, 2.45) is 0 Å². The van der Waals surface area contributed by atoms with Crippen LogP contribution in [0.5, 0.6) is 0 Å². The number of nitrogens with zero attached hydrogens (tertiary/aromatic N) is 1. The van der Waals surface area contributed by atoms with E-state index >= 15 is 0 Å². The van der Waals surface area contributed by atoms with E-state index in [1.807, 2.05) is 24.6 Å². The molecular formula is C15H23BrN2O3. The second kappa shape index (κ2) is 6.64. The number of halogens is 1. The topological polar surface area (TPSA) is 60.3 Å². The smallest absolute Gasteiger partial charge is 0.328 e. The second-order valence-electron chi connectivity index (χ2n) is 6.27. The summed E-state index contributed by atoms with van der Waals surface area (Å²) in [6, 6.07) is 1.18. The van der Waals surface area contributed by atoms with Crippen molar-refractivity contribution in [1.29, 1.82) is 0 Å². The van der Waals surface area contributed by atoms with Crippen LogP contribution < -0.4 is 5.32 Å². The Labute approximate surface area is 134 Å². The van der Waals surface area contributed by atoms with Crippen molar-refractivity contribution in [2.75, 3.05) is 0 Å². The van der Waals surface area contributed by atoms with Gasteiger partial charge < -0.3 is 14.6 Å². The van der Waals surface area contributed by atoms with Crippen LogP contribution in [-0.2, 0) is 9.53 Å². The molecule has 118 valence electrons. The maximum atomic E-state index is 12.3. The largest absolute Gasteiger partial charge is 0.458 e. The fourth-order valence-corrected chi connectivity index (χ4v) is 2.21.